The number of likely N-dealkylation sites (N-methyl/N-ethyl adjacent to an activating group) is 1. The van der Waals surface area contributed by atoms with E-state index in [-0.39, 0.29) is 24.0 Å². The van der Waals surface area contributed by atoms with Gasteiger partial charge in [0.2, 0.25) is 0 Å². The largest absolute Gasteiger partial charge is 0.369 e. The van der Waals surface area contributed by atoms with Gasteiger partial charge < -0.3 is 15.1 Å². The van der Waals surface area contributed by atoms with E-state index in [2.05, 4.69) is 82.7 Å². The van der Waals surface area contributed by atoms with E-state index in [0.29, 0.717) is 5.37 Å². The number of anilines is 2. The van der Waals surface area contributed by atoms with Crippen LogP contribution < -0.4 is 15.1 Å². The van der Waals surface area contributed by atoms with Crippen molar-refractivity contribution < 1.29 is 0 Å². The smallest absolute Gasteiger partial charge is 0.0985 e. The molecule has 26 heavy (non-hydrogen) atoms. The fourth-order valence-corrected chi connectivity index (χ4v) is 4.80. The molecule has 0 spiro atoms. The summed E-state index contributed by atoms with van der Waals surface area (Å²) in [6.45, 7) is 7.60. The van der Waals surface area contributed by atoms with Crippen LogP contribution in [0.1, 0.15) is 12.5 Å². The van der Waals surface area contributed by atoms with Crippen LogP contribution in [0, 0.1) is 0 Å². The van der Waals surface area contributed by atoms with Gasteiger partial charge >= 0.3 is 0 Å². The number of hydrogen-bond acceptors (Lipinski definition) is 4. The Hall–Kier alpha value is -1.18. The van der Waals surface area contributed by atoms with Crippen molar-refractivity contribution in [2.24, 2.45) is 0 Å². The molecule has 4 rings (SSSR count). The first kappa shape index (κ1) is 19.6. The Morgan fingerprint density at radius 2 is 1.81 bits per heavy atom. The number of nitrogens with one attached hydrogen (secondary N) is 1. The molecule has 0 saturated carbocycles. The van der Waals surface area contributed by atoms with Gasteiger partial charge in [-0.25, -0.2) is 0 Å². The molecule has 138 valence electrons. The Kier molecular flexibility index (Phi) is 6.89. The summed E-state index contributed by atoms with van der Waals surface area (Å²) in [6.07, 6.45) is 4.59. The molecule has 2 heterocycles. The normalized spacial score (nSPS) is 19.5. The van der Waals surface area contributed by atoms with Gasteiger partial charge in [-0.2, -0.15) is 0 Å². The van der Waals surface area contributed by atoms with Crippen molar-refractivity contribution in [3.05, 3.63) is 60.2 Å². The van der Waals surface area contributed by atoms with Gasteiger partial charge in [0.15, 0.2) is 0 Å². The van der Waals surface area contributed by atoms with E-state index in [1.54, 1.807) is 0 Å². The first-order valence-electron chi connectivity index (χ1n) is 9.11. The molecule has 3 nitrogen and oxygen atoms in total. The van der Waals surface area contributed by atoms with Crippen molar-refractivity contribution in [1.82, 2.24) is 5.32 Å². The number of piperazine rings is 1. The average Bonchev–Trinajstić information content (AvgIpc) is 3.05. The molecule has 0 aliphatic carbocycles. The summed E-state index contributed by atoms with van der Waals surface area (Å²) in [7, 11) is 0. The third kappa shape index (κ3) is 4.21. The van der Waals surface area contributed by atoms with Crippen LogP contribution in [-0.2, 0) is 0 Å². The standard InChI is InChI=1S/C21H25N3S.HI/c1-2-24-19-5-3-4-6-20(19)25-21(24)12-9-17-7-10-18(11-8-17)23-15-13-22-14-16-23;/h3-12,21-22H,2,13-16H2,1H3;1H. The summed E-state index contributed by atoms with van der Waals surface area (Å²) in [5.41, 5.74) is 3.96. The van der Waals surface area contributed by atoms with Crippen LogP contribution in [0.15, 0.2) is 59.5 Å². The SMILES string of the molecule is CCN1c2ccccc2SC1C=Cc1ccc(N2CCNCC2)cc1.I. The molecule has 0 bridgehead atoms. The molecule has 1 saturated heterocycles. The lowest BCUT2D eigenvalue weighted by Crippen LogP contribution is -2.43. The topological polar surface area (TPSA) is 18.5 Å². The van der Waals surface area contributed by atoms with E-state index < -0.39 is 0 Å². The highest BCUT2D eigenvalue weighted by Gasteiger charge is 2.26. The van der Waals surface area contributed by atoms with E-state index in [0.717, 1.165) is 32.7 Å². The second kappa shape index (κ2) is 9.15. The lowest BCUT2D eigenvalue weighted by Gasteiger charge is -2.29. The first-order valence-corrected chi connectivity index (χ1v) is 9.99. The second-order valence-corrected chi connectivity index (χ2v) is 7.61. The van der Waals surface area contributed by atoms with Crippen molar-refractivity contribution in [3.8, 4) is 0 Å². The Bertz CT molecular complexity index is 741. The minimum atomic E-state index is 0. The van der Waals surface area contributed by atoms with Gasteiger partial charge in [0.25, 0.3) is 0 Å². The molecule has 1 fully saturated rings. The van der Waals surface area contributed by atoms with Gasteiger partial charge in [-0.05, 0) is 36.8 Å². The molecule has 2 aromatic rings. The van der Waals surface area contributed by atoms with Gasteiger partial charge in [-0.15, -0.1) is 24.0 Å². The lowest BCUT2D eigenvalue weighted by atomic mass is 10.1. The zero-order valence-corrected chi connectivity index (χ0v) is 18.2. The molecule has 2 aliphatic heterocycles. The molecule has 5 heteroatoms. The lowest BCUT2D eigenvalue weighted by molar-refractivity contribution is 0.589. The summed E-state index contributed by atoms with van der Waals surface area (Å²) < 4.78 is 0. The first-order chi connectivity index (χ1) is 12.3. The molecule has 1 atom stereocenters. The monoisotopic (exact) mass is 479 g/mol. The van der Waals surface area contributed by atoms with Gasteiger partial charge in [0, 0.05) is 43.3 Å². The maximum atomic E-state index is 3.40. The molecule has 0 amide bonds. The maximum Gasteiger partial charge on any atom is 0.0985 e. The summed E-state index contributed by atoms with van der Waals surface area (Å²) in [4.78, 5) is 6.30. The Morgan fingerprint density at radius 1 is 1.08 bits per heavy atom. The number of rotatable bonds is 4. The van der Waals surface area contributed by atoms with Crippen molar-refractivity contribution in [2.75, 3.05) is 42.5 Å². The minimum Gasteiger partial charge on any atom is -0.369 e. The zero-order chi connectivity index (χ0) is 17.1. The predicted molar refractivity (Wildman–Crippen MR) is 125 cm³/mol. The third-order valence-electron chi connectivity index (χ3n) is 4.90. The van der Waals surface area contributed by atoms with Crippen LogP contribution in [0.2, 0.25) is 0 Å². The van der Waals surface area contributed by atoms with Gasteiger partial charge in [-0.3, -0.25) is 0 Å². The number of halogens is 1. The number of thioether (sulfide) groups is 1. The summed E-state index contributed by atoms with van der Waals surface area (Å²) in [5, 5.41) is 3.79. The molecule has 0 aromatic heterocycles. The second-order valence-electron chi connectivity index (χ2n) is 6.45. The highest BCUT2D eigenvalue weighted by Crippen LogP contribution is 2.43. The highest BCUT2D eigenvalue weighted by molar-refractivity contribution is 14.0. The van der Waals surface area contributed by atoms with Crippen molar-refractivity contribution >= 4 is 53.2 Å². The fraction of sp³-hybridized carbons (Fsp3) is 0.333. The van der Waals surface area contributed by atoms with Gasteiger partial charge in [-0.1, -0.05) is 48.2 Å². The van der Waals surface area contributed by atoms with Gasteiger partial charge in [0.05, 0.1) is 11.1 Å². The average molecular weight is 479 g/mol. The number of nitrogens with zero attached hydrogens (tertiary/aromatic N) is 2. The van der Waals surface area contributed by atoms with Crippen molar-refractivity contribution in [1.29, 1.82) is 0 Å². The Labute approximate surface area is 177 Å². The summed E-state index contributed by atoms with van der Waals surface area (Å²) in [6, 6.07) is 17.7. The zero-order valence-electron chi connectivity index (χ0n) is 15.1. The Balaban J connectivity index is 0.00000196. The van der Waals surface area contributed by atoms with E-state index in [9.17, 15) is 0 Å². The van der Waals surface area contributed by atoms with Crippen LogP contribution >= 0.6 is 35.7 Å². The van der Waals surface area contributed by atoms with Crippen LogP contribution in [0.3, 0.4) is 0 Å². The molecule has 1 unspecified atom stereocenters. The maximum absolute atomic E-state index is 3.40. The third-order valence-corrected chi connectivity index (χ3v) is 6.15. The van der Waals surface area contributed by atoms with E-state index in [1.807, 2.05) is 11.8 Å². The number of hydrogen-bond donors (Lipinski definition) is 1. The molecular weight excluding hydrogens is 453 g/mol. The number of para-hydroxylation sites is 1. The minimum absolute atomic E-state index is 0. The van der Waals surface area contributed by atoms with Crippen molar-refractivity contribution in [2.45, 2.75) is 17.2 Å². The molecular formula is C21H26IN3S. The Morgan fingerprint density at radius 3 is 2.54 bits per heavy atom. The van der Waals surface area contributed by atoms with Crippen LogP contribution in [0.4, 0.5) is 11.4 Å². The molecule has 1 N–H and O–H groups in total. The molecule has 0 radical (unpaired) electrons. The van der Waals surface area contributed by atoms with E-state index >= 15 is 0 Å². The van der Waals surface area contributed by atoms with Gasteiger partial charge in [0.1, 0.15) is 0 Å². The number of fused-ring (bicyclic) bond motifs is 1. The summed E-state index contributed by atoms with van der Waals surface area (Å²) in [5.74, 6) is 0. The summed E-state index contributed by atoms with van der Waals surface area (Å²) >= 11 is 1.94. The quantitative estimate of drug-likeness (QED) is 0.642. The van der Waals surface area contributed by atoms with E-state index in [4.69, 9.17) is 0 Å². The molecule has 2 aliphatic rings. The van der Waals surface area contributed by atoms with Crippen molar-refractivity contribution in [3.63, 3.8) is 0 Å². The predicted octanol–water partition coefficient (Wildman–Crippen LogP) is 4.69. The van der Waals surface area contributed by atoms with Crippen LogP contribution in [0.5, 0.6) is 0 Å². The fourth-order valence-electron chi connectivity index (χ4n) is 3.53. The molecule has 2 aromatic carbocycles. The van der Waals surface area contributed by atoms with E-state index in [1.165, 1.54) is 21.8 Å². The number of benzene rings is 2. The highest BCUT2D eigenvalue weighted by atomic mass is 127. The van der Waals surface area contributed by atoms with Crippen LogP contribution in [-0.4, -0.2) is 38.1 Å². The van der Waals surface area contributed by atoms with Crippen LogP contribution in [0.25, 0.3) is 6.08 Å².